The van der Waals surface area contributed by atoms with E-state index in [2.05, 4.69) is 10.0 Å². The lowest BCUT2D eigenvalue weighted by Crippen LogP contribution is -2.41. The summed E-state index contributed by atoms with van der Waals surface area (Å²) in [4.78, 5) is 12.5. The molecule has 2 heterocycles. The van der Waals surface area contributed by atoms with E-state index in [1.165, 1.54) is 12.5 Å². The molecule has 11 heteroatoms. The number of carbonyl (C=O) groups is 1. The molecule has 40 heavy (non-hydrogen) atoms. The molecule has 2 fully saturated rings. The van der Waals surface area contributed by atoms with E-state index in [1.807, 2.05) is 11.5 Å². The first-order valence-electron chi connectivity index (χ1n) is 14.0. The third-order valence-corrected chi connectivity index (χ3v) is 9.46. The molecule has 222 valence electrons. The minimum absolute atomic E-state index is 0.0255. The zero-order valence-electron chi connectivity index (χ0n) is 23.7. The Morgan fingerprint density at radius 2 is 1.68 bits per heavy atom. The smallest absolute Gasteiger partial charge is 0.381 e. The van der Waals surface area contributed by atoms with Crippen molar-refractivity contribution >= 4 is 15.9 Å². The average Bonchev–Trinajstić information content (AvgIpc) is 3.19. The average molecular weight is 584 g/mol. The fourth-order valence-corrected chi connectivity index (χ4v) is 7.31. The summed E-state index contributed by atoms with van der Waals surface area (Å²) in [5, 5.41) is 3.06. The summed E-state index contributed by atoms with van der Waals surface area (Å²) in [5.74, 6) is 0.0837. The Morgan fingerprint density at radius 3 is 2.27 bits per heavy atom. The number of sulfonamides is 1. The number of carbonyl (C=O) groups excluding carboxylic acids is 1. The van der Waals surface area contributed by atoms with Crippen molar-refractivity contribution in [3.8, 4) is 11.3 Å². The van der Waals surface area contributed by atoms with Crippen LogP contribution in [0.2, 0.25) is 0 Å². The van der Waals surface area contributed by atoms with Gasteiger partial charge in [0.2, 0.25) is 10.0 Å². The second-order valence-corrected chi connectivity index (χ2v) is 13.7. The van der Waals surface area contributed by atoms with E-state index in [1.54, 1.807) is 26.8 Å². The molecule has 2 N–H and O–H groups in total. The van der Waals surface area contributed by atoms with Crippen LogP contribution in [0.3, 0.4) is 0 Å². The predicted molar refractivity (Wildman–Crippen MR) is 148 cm³/mol. The van der Waals surface area contributed by atoms with Crippen LogP contribution in [-0.2, 0) is 27.5 Å². The van der Waals surface area contributed by atoms with Crippen LogP contribution in [0.25, 0.3) is 11.3 Å². The summed E-state index contributed by atoms with van der Waals surface area (Å²) < 4.78 is 78.4. The molecule has 0 unspecified atom stereocenters. The molecule has 0 spiro atoms. The molecule has 0 bridgehead atoms. The molecule has 1 aliphatic carbocycles. The fourth-order valence-electron chi connectivity index (χ4n) is 5.69. The second-order valence-electron chi connectivity index (χ2n) is 12.1. The number of hydrogen-bond acceptors (Lipinski definition) is 4. The Morgan fingerprint density at radius 1 is 1.02 bits per heavy atom. The quantitative estimate of drug-likeness (QED) is 0.416. The fraction of sp³-hybridized carbons (Fsp3) is 0.621. The van der Waals surface area contributed by atoms with Crippen LogP contribution >= 0.6 is 0 Å². The van der Waals surface area contributed by atoms with Gasteiger partial charge in [0.05, 0.1) is 16.0 Å². The van der Waals surface area contributed by atoms with Crippen LogP contribution in [0.1, 0.15) is 87.3 Å². The van der Waals surface area contributed by atoms with Gasteiger partial charge in [0.25, 0.3) is 5.91 Å². The lowest BCUT2D eigenvalue weighted by molar-refractivity contribution is -0.139. The maximum Gasteiger partial charge on any atom is 0.417 e. The lowest BCUT2D eigenvalue weighted by Gasteiger charge is -2.25. The van der Waals surface area contributed by atoms with Crippen LogP contribution in [0.15, 0.2) is 29.2 Å². The van der Waals surface area contributed by atoms with E-state index in [0.717, 1.165) is 37.8 Å². The van der Waals surface area contributed by atoms with Gasteiger partial charge in [0.1, 0.15) is 0 Å². The van der Waals surface area contributed by atoms with E-state index in [9.17, 15) is 26.4 Å². The summed E-state index contributed by atoms with van der Waals surface area (Å²) in [6.07, 6.45) is 1.90. The number of nitrogens with zero attached hydrogens (tertiary/aromatic N) is 1. The Kier molecular flexibility index (Phi) is 9.06. The summed E-state index contributed by atoms with van der Waals surface area (Å²) >= 11 is 0. The summed E-state index contributed by atoms with van der Waals surface area (Å²) in [7, 11) is -4.45. The molecule has 1 saturated heterocycles. The molecule has 0 radical (unpaired) electrons. The molecule has 1 saturated carbocycles. The minimum atomic E-state index is -4.91. The highest BCUT2D eigenvalue weighted by molar-refractivity contribution is 7.89. The van der Waals surface area contributed by atoms with Gasteiger partial charge >= 0.3 is 6.18 Å². The largest absolute Gasteiger partial charge is 0.417 e. The number of nitrogens with one attached hydrogen (secondary N) is 2. The number of amides is 1. The van der Waals surface area contributed by atoms with Crippen LogP contribution < -0.4 is 10.0 Å². The van der Waals surface area contributed by atoms with E-state index in [-0.39, 0.29) is 17.5 Å². The van der Waals surface area contributed by atoms with Crippen molar-refractivity contribution in [2.24, 2.45) is 5.92 Å². The number of rotatable bonds is 7. The Balaban J connectivity index is 1.79. The maximum atomic E-state index is 14.3. The van der Waals surface area contributed by atoms with Crippen molar-refractivity contribution in [1.82, 2.24) is 14.6 Å². The first kappa shape index (κ1) is 30.6. The molecule has 2 aromatic rings. The van der Waals surface area contributed by atoms with E-state index >= 15 is 0 Å². The molecule has 4 rings (SSSR count). The highest BCUT2D eigenvalue weighted by atomic mass is 32.2. The van der Waals surface area contributed by atoms with Crippen molar-refractivity contribution in [2.45, 2.75) is 102 Å². The number of ether oxygens (including phenoxy) is 1. The number of alkyl halides is 3. The number of aromatic nitrogens is 1. The second kappa shape index (κ2) is 11.9. The zero-order chi connectivity index (χ0) is 29.3. The molecule has 1 aromatic heterocycles. The molecule has 2 aliphatic rings. The summed E-state index contributed by atoms with van der Waals surface area (Å²) in [6.45, 7) is 8.25. The van der Waals surface area contributed by atoms with Crippen LogP contribution in [0.4, 0.5) is 13.2 Å². The first-order chi connectivity index (χ1) is 18.7. The Labute approximate surface area is 234 Å². The molecule has 7 nitrogen and oxygen atoms in total. The number of hydrogen-bond donors (Lipinski definition) is 2. The summed E-state index contributed by atoms with van der Waals surface area (Å²) in [6, 6.07) is 4.93. The van der Waals surface area contributed by atoms with Gasteiger partial charge in [0.15, 0.2) is 0 Å². The monoisotopic (exact) mass is 583 g/mol. The number of benzene rings is 1. The number of halogens is 3. The van der Waals surface area contributed by atoms with Crippen molar-refractivity contribution in [3.05, 3.63) is 41.1 Å². The van der Waals surface area contributed by atoms with E-state index < -0.39 is 32.2 Å². The first-order valence-corrected chi connectivity index (χ1v) is 15.5. The molecule has 1 aliphatic heterocycles. The van der Waals surface area contributed by atoms with Crippen molar-refractivity contribution in [3.63, 3.8) is 0 Å². The van der Waals surface area contributed by atoms with Gasteiger partial charge in [-0.15, -0.1) is 0 Å². The molecule has 1 aromatic carbocycles. The molecular weight excluding hydrogens is 543 g/mol. The van der Waals surface area contributed by atoms with E-state index in [4.69, 9.17) is 4.74 Å². The topological polar surface area (TPSA) is 89.4 Å². The Hall–Kier alpha value is -2.37. The van der Waals surface area contributed by atoms with Crippen LogP contribution in [0, 0.1) is 12.8 Å². The standard InChI is InChI=1S/C29H40F3N3O4S/c1-19-23(27(36)33-22-12-14-39-15-13-22)17-25(35(19)18-20-8-6-5-7-9-20)21-10-11-26(24(16-21)29(30,31)32)40(37,38)34-28(2,3)4/h10-11,16-17,20,22,34H,5-9,12-15,18H2,1-4H3,(H,33,36). The van der Waals surface area contributed by atoms with Crippen LogP contribution in [-0.4, -0.2) is 43.7 Å². The van der Waals surface area contributed by atoms with Gasteiger partial charge < -0.3 is 14.6 Å². The Bertz CT molecular complexity index is 1320. The van der Waals surface area contributed by atoms with Crippen molar-refractivity contribution < 1.29 is 31.1 Å². The maximum absolute atomic E-state index is 14.3. The summed E-state index contributed by atoms with van der Waals surface area (Å²) in [5.41, 5.74) is -0.414. The SMILES string of the molecule is Cc1c(C(=O)NC2CCOCC2)cc(-c2ccc(S(=O)(=O)NC(C)(C)C)c(C(F)(F)F)c2)n1CC1CCCCC1. The lowest BCUT2D eigenvalue weighted by atomic mass is 9.89. The molecule has 1 amide bonds. The third-order valence-electron chi connectivity index (χ3n) is 7.64. The van der Waals surface area contributed by atoms with Gasteiger partial charge in [-0.2, -0.15) is 13.2 Å². The van der Waals surface area contributed by atoms with Gasteiger partial charge in [-0.25, -0.2) is 13.1 Å². The molecular formula is C29H40F3N3O4S. The highest BCUT2D eigenvalue weighted by Crippen LogP contribution is 2.39. The zero-order valence-corrected chi connectivity index (χ0v) is 24.5. The van der Waals surface area contributed by atoms with Crippen LogP contribution in [0.5, 0.6) is 0 Å². The van der Waals surface area contributed by atoms with Crippen molar-refractivity contribution in [1.29, 1.82) is 0 Å². The van der Waals surface area contributed by atoms with Gasteiger partial charge in [-0.3, -0.25) is 4.79 Å². The predicted octanol–water partition coefficient (Wildman–Crippen LogP) is 6.05. The van der Waals surface area contributed by atoms with Crippen molar-refractivity contribution in [2.75, 3.05) is 13.2 Å². The highest BCUT2D eigenvalue weighted by Gasteiger charge is 2.39. The van der Waals surface area contributed by atoms with E-state index in [0.29, 0.717) is 55.5 Å². The minimum Gasteiger partial charge on any atom is -0.381 e. The van der Waals surface area contributed by atoms with Gasteiger partial charge in [0, 0.05) is 42.7 Å². The molecule has 0 atom stereocenters. The van der Waals surface area contributed by atoms with Gasteiger partial charge in [-0.1, -0.05) is 25.3 Å². The third kappa shape index (κ3) is 7.28. The normalized spacial score (nSPS) is 18.2. The van der Waals surface area contributed by atoms with Gasteiger partial charge in [-0.05, 0) is 83.1 Å².